The smallest absolute Gasteiger partial charge is 0.279 e. The van der Waals surface area contributed by atoms with Gasteiger partial charge in [0, 0.05) is 13.2 Å². The summed E-state index contributed by atoms with van der Waals surface area (Å²) in [5, 5.41) is 22.7. The quantitative estimate of drug-likeness (QED) is 0.0435. The van der Waals surface area contributed by atoms with E-state index in [2.05, 4.69) is 10.6 Å². The van der Waals surface area contributed by atoms with Crippen LogP contribution in [-0.2, 0) is 9.59 Å². The van der Waals surface area contributed by atoms with Crippen molar-refractivity contribution in [3.05, 3.63) is 23.8 Å². The van der Waals surface area contributed by atoms with Crippen molar-refractivity contribution in [2.75, 3.05) is 13.2 Å². The molecule has 1 fully saturated rings. The van der Waals surface area contributed by atoms with Gasteiger partial charge in [-0.05, 0) is 57.1 Å². The minimum atomic E-state index is -0.789. The van der Waals surface area contributed by atoms with E-state index in [0.29, 0.717) is 32.5 Å². The van der Waals surface area contributed by atoms with Crippen LogP contribution >= 0.6 is 0 Å². The topological polar surface area (TPSA) is 98.7 Å². The van der Waals surface area contributed by atoms with Gasteiger partial charge in [0.05, 0.1) is 12.1 Å². The van der Waals surface area contributed by atoms with E-state index >= 15 is 0 Å². The maximum Gasteiger partial charge on any atom is 0.279 e. The number of aliphatic hydroxyl groups excluding tert-OH is 2. The standard InChI is InChI=1S/C37H66F2N2O4/c38-32(27-23-19-15-11-7-3-1-5-9-13-17-21-25-29-42)36(44)40-34-31-35(34)41-37(45)33(39)28-24-20-16-12-8-4-2-6-10-14-18-22-26-30-43/h27-28,34-35,42-43H,1-26,29-31H2,(H,40,44)(H,41,45)/t34-,35+. The van der Waals surface area contributed by atoms with E-state index in [-0.39, 0.29) is 12.1 Å². The van der Waals surface area contributed by atoms with Gasteiger partial charge in [0.25, 0.3) is 11.8 Å². The molecule has 0 aromatic rings. The molecule has 8 heteroatoms. The van der Waals surface area contributed by atoms with E-state index in [4.69, 9.17) is 10.2 Å². The lowest BCUT2D eigenvalue weighted by atomic mass is 10.0. The maximum absolute atomic E-state index is 14.2. The summed E-state index contributed by atoms with van der Waals surface area (Å²) in [4.78, 5) is 24.2. The molecule has 4 N–H and O–H groups in total. The second-order valence-electron chi connectivity index (χ2n) is 13.0. The van der Waals surface area contributed by atoms with E-state index in [9.17, 15) is 18.4 Å². The SMILES string of the molecule is O=C(N[C@H]1C[C@H]1NC(=O)C(F)=CCCCCCCCCCCCCCCO)C(F)=CCCCCCCCCCCCCCCO. The van der Waals surface area contributed by atoms with Crippen LogP contribution in [0.15, 0.2) is 23.8 Å². The first-order valence-corrected chi connectivity index (χ1v) is 18.5. The van der Waals surface area contributed by atoms with Crippen molar-refractivity contribution in [1.29, 1.82) is 0 Å². The molecule has 0 spiro atoms. The van der Waals surface area contributed by atoms with Gasteiger partial charge in [-0.15, -0.1) is 0 Å². The molecule has 6 nitrogen and oxygen atoms in total. The molecule has 262 valence electrons. The highest BCUT2D eigenvalue weighted by Gasteiger charge is 2.40. The van der Waals surface area contributed by atoms with Crippen LogP contribution in [0.5, 0.6) is 0 Å². The highest BCUT2D eigenvalue weighted by molar-refractivity contribution is 5.93. The van der Waals surface area contributed by atoms with Crippen LogP contribution in [0.1, 0.15) is 173 Å². The van der Waals surface area contributed by atoms with Crippen LogP contribution in [-0.4, -0.2) is 47.3 Å². The molecule has 2 amide bonds. The zero-order valence-electron chi connectivity index (χ0n) is 28.3. The third kappa shape index (κ3) is 25.0. The second kappa shape index (κ2) is 29.6. The van der Waals surface area contributed by atoms with Crippen molar-refractivity contribution in [2.45, 2.75) is 185 Å². The Morgan fingerprint density at radius 3 is 0.978 bits per heavy atom. The maximum atomic E-state index is 14.2. The molecule has 0 aromatic heterocycles. The average molecular weight is 641 g/mol. The first kappa shape index (κ1) is 41.2. The summed E-state index contributed by atoms with van der Waals surface area (Å²) in [6.07, 6.45) is 31.7. The van der Waals surface area contributed by atoms with Gasteiger partial charge in [0.2, 0.25) is 0 Å². The normalized spacial score (nSPS) is 16.6. The molecule has 1 saturated carbocycles. The second-order valence-corrected chi connectivity index (χ2v) is 13.0. The monoisotopic (exact) mass is 640 g/mol. The number of nitrogens with one attached hydrogen (secondary N) is 2. The lowest BCUT2D eigenvalue weighted by molar-refractivity contribution is -0.120. The summed E-state index contributed by atoms with van der Waals surface area (Å²) in [7, 11) is 0. The molecule has 0 aromatic carbocycles. The molecule has 2 atom stereocenters. The van der Waals surface area contributed by atoms with E-state index < -0.39 is 23.5 Å². The van der Waals surface area contributed by atoms with E-state index in [0.717, 1.165) is 64.2 Å². The molecule has 1 aliphatic carbocycles. The third-order valence-electron chi connectivity index (χ3n) is 8.73. The number of halogens is 2. The summed E-state index contributed by atoms with van der Waals surface area (Å²) >= 11 is 0. The zero-order valence-corrected chi connectivity index (χ0v) is 28.3. The van der Waals surface area contributed by atoms with Gasteiger partial charge in [0.15, 0.2) is 11.7 Å². The predicted octanol–water partition coefficient (Wildman–Crippen LogP) is 9.19. The third-order valence-corrected chi connectivity index (χ3v) is 8.73. The fourth-order valence-corrected chi connectivity index (χ4v) is 5.68. The van der Waals surface area contributed by atoms with Crippen molar-refractivity contribution in [3.8, 4) is 0 Å². The summed E-state index contributed by atoms with van der Waals surface area (Å²) in [5.41, 5.74) is 0. The minimum Gasteiger partial charge on any atom is -0.396 e. The Morgan fingerprint density at radius 1 is 0.467 bits per heavy atom. The number of carbonyl (C=O) groups excluding carboxylic acids is 2. The number of carbonyl (C=O) groups is 2. The van der Waals surface area contributed by atoms with Gasteiger partial charge in [-0.25, -0.2) is 8.78 Å². The van der Waals surface area contributed by atoms with Gasteiger partial charge in [-0.3, -0.25) is 9.59 Å². The Labute approximate surface area is 273 Å². The van der Waals surface area contributed by atoms with E-state index in [1.54, 1.807) is 0 Å². The molecule has 45 heavy (non-hydrogen) atoms. The molecule has 0 bridgehead atoms. The number of rotatable bonds is 32. The minimum absolute atomic E-state index is 0.301. The van der Waals surface area contributed by atoms with Crippen LogP contribution < -0.4 is 10.6 Å². The van der Waals surface area contributed by atoms with Crippen LogP contribution in [0.4, 0.5) is 8.78 Å². The fraction of sp³-hybridized carbons (Fsp3) is 0.838. The summed E-state index contributed by atoms with van der Waals surface area (Å²) in [5.74, 6) is -3.11. The zero-order chi connectivity index (χ0) is 32.8. The van der Waals surface area contributed by atoms with Crippen LogP contribution in [0.25, 0.3) is 0 Å². The summed E-state index contributed by atoms with van der Waals surface area (Å²) in [6.45, 7) is 0.603. The van der Waals surface area contributed by atoms with Gasteiger partial charge in [-0.1, -0.05) is 128 Å². The van der Waals surface area contributed by atoms with Crippen molar-refractivity contribution in [2.24, 2.45) is 0 Å². The number of hydrogen-bond donors (Lipinski definition) is 4. The molecule has 0 unspecified atom stereocenters. The van der Waals surface area contributed by atoms with Gasteiger partial charge in [-0.2, -0.15) is 0 Å². The predicted molar refractivity (Wildman–Crippen MR) is 181 cm³/mol. The number of aliphatic hydroxyl groups is 2. The highest BCUT2D eigenvalue weighted by Crippen LogP contribution is 2.23. The Hall–Kier alpha value is -1.80. The average Bonchev–Trinajstić information content (AvgIpc) is 3.77. The van der Waals surface area contributed by atoms with E-state index in [1.165, 1.54) is 102 Å². The van der Waals surface area contributed by atoms with Crippen molar-refractivity contribution < 1.29 is 28.6 Å². The van der Waals surface area contributed by atoms with Crippen LogP contribution in [0.3, 0.4) is 0 Å². The molecule has 0 aliphatic heterocycles. The van der Waals surface area contributed by atoms with Crippen molar-refractivity contribution in [1.82, 2.24) is 10.6 Å². The van der Waals surface area contributed by atoms with Gasteiger partial charge >= 0.3 is 0 Å². The summed E-state index contributed by atoms with van der Waals surface area (Å²) in [6, 6.07) is -0.722. The molecular weight excluding hydrogens is 574 g/mol. The number of unbranched alkanes of at least 4 members (excludes halogenated alkanes) is 24. The highest BCUT2D eigenvalue weighted by atomic mass is 19.1. The van der Waals surface area contributed by atoms with Crippen molar-refractivity contribution in [3.63, 3.8) is 0 Å². The molecular formula is C37H66F2N2O4. The fourth-order valence-electron chi connectivity index (χ4n) is 5.68. The van der Waals surface area contributed by atoms with Crippen molar-refractivity contribution >= 4 is 11.8 Å². The van der Waals surface area contributed by atoms with Crippen LogP contribution in [0.2, 0.25) is 0 Å². The Morgan fingerprint density at radius 2 is 0.711 bits per heavy atom. The number of allylic oxidation sites excluding steroid dienone is 2. The van der Waals surface area contributed by atoms with Gasteiger partial charge in [0.1, 0.15) is 0 Å². The first-order chi connectivity index (χ1) is 22.0. The molecule has 0 saturated heterocycles. The van der Waals surface area contributed by atoms with E-state index in [1.807, 2.05) is 0 Å². The van der Waals surface area contributed by atoms with Gasteiger partial charge < -0.3 is 20.8 Å². The number of amides is 2. The Bertz CT molecular complexity index is 741. The largest absolute Gasteiger partial charge is 0.396 e. The first-order valence-electron chi connectivity index (χ1n) is 18.5. The molecule has 0 radical (unpaired) electrons. The lowest BCUT2D eigenvalue weighted by Gasteiger charge is -2.05. The number of hydrogen-bond acceptors (Lipinski definition) is 4. The molecule has 1 rings (SSSR count). The summed E-state index contributed by atoms with van der Waals surface area (Å²) < 4.78 is 28.4. The molecule has 1 aliphatic rings. The lowest BCUT2D eigenvalue weighted by Crippen LogP contribution is -2.35. The van der Waals surface area contributed by atoms with Crippen LogP contribution in [0, 0.1) is 0 Å². The molecule has 0 heterocycles. The Balaban J connectivity index is 1.98. The Kier molecular flexibility index (Phi) is 27.1.